The fraction of sp³-hybridized carbons (Fsp3) is 0.100. The van der Waals surface area contributed by atoms with Crippen LogP contribution in [0.25, 0.3) is 0 Å². The number of benzene rings is 3. The van der Waals surface area contributed by atoms with Crippen molar-refractivity contribution in [3.8, 4) is 5.75 Å². The minimum absolute atomic E-state index is 0.434. The van der Waals surface area contributed by atoms with Crippen molar-refractivity contribution in [2.45, 2.75) is 13.2 Å². The van der Waals surface area contributed by atoms with Crippen molar-refractivity contribution in [2.24, 2.45) is 0 Å². The second-order valence-electron chi connectivity index (χ2n) is 5.64. The maximum Gasteiger partial charge on any atom is 0.124 e. The van der Waals surface area contributed by atoms with E-state index in [0.29, 0.717) is 33.2 Å². The van der Waals surface area contributed by atoms with Gasteiger partial charge in [-0.05, 0) is 54.1 Å². The summed E-state index contributed by atoms with van der Waals surface area (Å²) in [5, 5.41) is 5.82. The average molecular weight is 427 g/mol. The van der Waals surface area contributed by atoms with E-state index in [9.17, 15) is 0 Å². The zero-order valence-corrected chi connectivity index (χ0v) is 16.6. The average Bonchev–Trinajstić information content (AvgIpc) is 2.63. The minimum Gasteiger partial charge on any atom is -0.489 e. The Morgan fingerprint density at radius 2 is 1.38 bits per heavy atom. The third kappa shape index (κ3) is 5.21. The number of anilines is 1. The molecule has 134 valence electrons. The summed E-state index contributed by atoms with van der Waals surface area (Å²) < 4.78 is 5.96. The molecule has 0 aliphatic heterocycles. The third-order valence-corrected chi connectivity index (χ3v) is 4.78. The molecule has 0 aliphatic carbocycles. The molecule has 0 unspecified atom stereocenters. The van der Waals surface area contributed by atoms with Crippen LogP contribution in [0.1, 0.15) is 11.1 Å². The summed E-state index contributed by atoms with van der Waals surface area (Å²) in [4.78, 5) is 0. The summed E-state index contributed by atoms with van der Waals surface area (Å²) in [6.07, 6.45) is 0. The topological polar surface area (TPSA) is 21.3 Å². The van der Waals surface area contributed by atoms with Gasteiger partial charge < -0.3 is 10.1 Å². The van der Waals surface area contributed by atoms with Crippen molar-refractivity contribution in [2.75, 3.05) is 5.32 Å². The molecule has 2 nitrogen and oxygen atoms in total. The smallest absolute Gasteiger partial charge is 0.124 e. The lowest BCUT2D eigenvalue weighted by molar-refractivity contribution is 0.303. The SMILES string of the molecule is Clc1ccc(COc2ccc(Cl)cc2CNc2cc(Cl)ccc2Cl)cc1. The van der Waals surface area contributed by atoms with Gasteiger partial charge in [0.15, 0.2) is 0 Å². The van der Waals surface area contributed by atoms with Gasteiger partial charge in [0.05, 0.1) is 10.7 Å². The van der Waals surface area contributed by atoms with Crippen LogP contribution in [0.2, 0.25) is 20.1 Å². The first-order valence-corrected chi connectivity index (χ1v) is 9.37. The Morgan fingerprint density at radius 3 is 2.15 bits per heavy atom. The monoisotopic (exact) mass is 425 g/mol. The zero-order valence-electron chi connectivity index (χ0n) is 13.6. The Morgan fingerprint density at radius 1 is 0.731 bits per heavy atom. The summed E-state index contributed by atoms with van der Waals surface area (Å²) in [7, 11) is 0. The van der Waals surface area contributed by atoms with Crippen molar-refractivity contribution in [3.63, 3.8) is 0 Å². The third-order valence-electron chi connectivity index (χ3n) is 3.73. The molecule has 3 rings (SSSR count). The summed E-state index contributed by atoms with van der Waals surface area (Å²) >= 11 is 24.3. The Bertz CT molecular complexity index is 897. The highest BCUT2D eigenvalue weighted by Gasteiger charge is 2.08. The van der Waals surface area contributed by atoms with Crippen molar-refractivity contribution in [1.29, 1.82) is 0 Å². The molecular weight excluding hydrogens is 412 g/mol. The van der Waals surface area contributed by atoms with Crippen molar-refractivity contribution in [3.05, 3.63) is 91.9 Å². The van der Waals surface area contributed by atoms with E-state index in [1.807, 2.05) is 36.4 Å². The van der Waals surface area contributed by atoms with E-state index < -0.39 is 0 Å². The minimum atomic E-state index is 0.434. The second-order valence-corrected chi connectivity index (χ2v) is 7.36. The molecule has 0 aliphatic rings. The molecule has 3 aromatic carbocycles. The number of rotatable bonds is 6. The summed E-state index contributed by atoms with van der Waals surface area (Å²) in [6.45, 7) is 0.931. The van der Waals surface area contributed by atoms with E-state index in [2.05, 4.69) is 5.32 Å². The van der Waals surface area contributed by atoms with Crippen molar-refractivity contribution < 1.29 is 4.74 Å². The highest BCUT2D eigenvalue weighted by molar-refractivity contribution is 6.35. The van der Waals surface area contributed by atoms with Gasteiger partial charge in [-0.15, -0.1) is 0 Å². The van der Waals surface area contributed by atoms with Gasteiger partial charge in [-0.3, -0.25) is 0 Å². The number of hydrogen-bond donors (Lipinski definition) is 1. The predicted octanol–water partition coefficient (Wildman–Crippen LogP) is 7.49. The van der Waals surface area contributed by atoms with Crippen molar-refractivity contribution >= 4 is 52.1 Å². The van der Waals surface area contributed by atoms with Gasteiger partial charge in [-0.1, -0.05) is 58.5 Å². The molecular formula is C20H15Cl4NO. The lowest BCUT2D eigenvalue weighted by Gasteiger charge is -2.14. The molecule has 0 bridgehead atoms. The molecule has 0 spiro atoms. The molecule has 0 radical (unpaired) electrons. The Hall–Kier alpha value is -1.58. The molecule has 0 saturated carbocycles. The highest BCUT2D eigenvalue weighted by atomic mass is 35.5. The fourth-order valence-electron chi connectivity index (χ4n) is 2.39. The van der Waals surface area contributed by atoms with Gasteiger partial charge in [0.25, 0.3) is 0 Å². The number of ether oxygens (including phenoxy) is 1. The second kappa shape index (κ2) is 8.88. The molecule has 6 heteroatoms. The Balaban J connectivity index is 1.73. The first kappa shape index (κ1) is 19.2. The standard InChI is InChI=1S/C20H15Cl4NO/c21-15-3-1-13(2-4-15)12-26-20-8-6-16(22)9-14(20)11-25-19-10-17(23)5-7-18(19)24/h1-10,25H,11-12H2. The highest BCUT2D eigenvalue weighted by Crippen LogP contribution is 2.29. The summed E-state index contributed by atoms with van der Waals surface area (Å²) in [6, 6.07) is 18.3. The van der Waals surface area contributed by atoms with Crippen LogP contribution in [0.4, 0.5) is 5.69 Å². The lowest BCUT2D eigenvalue weighted by atomic mass is 10.2. The van der Waals surface area contributed by atoms with Crippen LogP contribution in [0.3, 0.4) is 0 Å². The van der Waals surface area contributed by atoms with E-state index in [-0.39, 0.29) is 0 Å². The van der Waals surface area contributed by atoms with Gasteiger partial charge in [0.1, 0.15) is 12.4 Å². The molecule has 0 aromatic heterocycles. The van der Waals surface area contributed by atoms with Crippen LogP contribution in [-0.2, 0) is 13.2 Å². The molecule has 26 heavy (non-hydrogen) atoms. The summed E-state index contributed by atoms with van der Waals surface area (Å²) in [5.41, 5.74) is 2.70. The number of hydrogen-bond acceptors (Lipinski definition) is 2. The van der Waals surface area contributed by atoms with Crippen LogP contribution < -0.4 is 10.1 Å². The maximum absolute atomic E-state index is 6.20. The van der Waals surface area contributed by atoms with Gasteiger partial charge in [-0.2, -0.15) is 0 Å². The van der Waals surface area contributed by atoms with E-state index >= 15 is 0 Å². The first-order chi connectivity index (χ1) is 12.5. The zero-order chi connectivity index (χ0) is 18.5. The molecule has 0 heterocycles. The number of halogens is 4. The quantitative estimate of drug-likeness (QED) is 0.440. The van der Waals surface area contributed by atoms with Crippen LogP contribution in [0.15, 0.2) is 60.7 Å². The van der Waals surface area contributed by atoms with Crippen molar-refractivity contribution in [1.82, 2.24) is 0 Å². The number of nitrogens with one attached hydrogen (secondary N) is 1. The van der Waals surface area contributed by atoms with Crippen LogP contribution >= 0.6 is 46.4 Å². The lowest BCUT2D eigenvalue weighted by Crippen LogP contribution is -2.04. The summed E-state index contributed by atoms with van der Waals surface area (Å²) in [5.74, 6) is 0.745. The molecule has 0 saturated heterocycles. The molecule has 0 amide bonds. The van der Waals surface area contributed by atoms with Gasteiger partial charge in [0.2, 0.25) is 0 Å². The first-order valence-electron chi connectivity index (χ1n) is 7.86. The Labute approximate surface area is 172 Å². The normalized spacial score (nSPS) is 10.6. The maximum atomic E-state index is 6.20. The van der Waals surface area contributed by atoms with Gasteiger partial charge in [-0.25, -0.2) is 0 Å². The van der Waals surface area contributed by atoms with Crippen LogP contribution in [0, 0.1) is 0 Å². The van der Waals surface area contributed by atoms with Crippen LogP contribution in [-0.4, -0.2) is 0 Å². The van der Waals surface area contributed by atoms with E-state index in [0.717, 1.165) is 22.6 Å². The molecule has 1 N–H and O–H groups in total. The van der Waals surface area contributed by atoms with Gasteiger partial charge >= 0.3 is 0 Å². The van der Waals surface area contributed by atoms with Crippen LogP contribution in [0.5, 0.6) is 5.75 Å². The largest absolute Gasteiger partial charge is 0.489 e. The Kier molecular flexibility index (Phi) is 6.55. The molecule has 0 atom stereocenters. The van der Waals surface area contributed by atoms with E-state index in [1.54, 1.807) is 24.3 Å². The predicted molar refractivity (Wildman–Crippen MR) is 111 cm³/mol. The van der Waals surface area contributed by atoms with Gasteiger partial charge in [0, 0.05) is 27.2 Å². The molecule has 0 fully saturated rings. The van der Waals surface area contributed by atoms with E-state index in [1.165, 1.54) is 0 Å². The van der Waals surface area contributed by atoms with E-state index in [4.69, 9.17) is 51.1 Å². The fourth-order valence-corrected chi connectivity index (χ4v) is 3.07. The molecule has 3 aromatic rings.